The fraction of sp³-hybridized carbons (Fsp3) is 0.474. The van der Waals surface area contributed by atoms with Crippen LogP contribution in [-0.4, -0.2) is 50.5 Å². The smallest absolute Gasteiger partial charge is 0.273 e. The molecule has 0 atom stereocenters. The molecule has 1 fully saturated rings. The maximum atomic E-state index is 12.8. The largest absolute Gasteiger partial charge is 0.354 e. The van der Waals surface area contributed by atoms with Crippen molar-refractivity contribution < 1.29 is 9.59 Å². The fourth-order valence-corrected chi connectivity index (χ4v) is 4.98. The van der Waals surface area contributed by atoms with Crippen LogP contribution >= 0.6 is 22.7 Å². The molecule has 12 heteroatoms. The second-order valence-corrected chi connectivity index (χ2v) is 9.51. The first kappa shape index (κ1) is 21.4. The van der Waals surface area contributed by atoms with Gasteiger partial charge in [-0.1, -0.05) is 11.3 Å². The predicted molar refractivity (Wildman–Crippen MR) is 121 cm³/mol. The fourth-order valence-electron chi connectivity index (χ4n) is 3.42. The van der Waals surface area contributed by atoms with E-state index in [0.717, 1.165) is 12.8 Å². The number of aromatic nitrogens is 4. The lowest BCUT2D eigenvalue weighted by Gasteiger charge is -2.31. The molecule has 1 saturated heterocycles. The first-order valence-electron chi connectivity index (χ1n) is 10.0. The van der Waals surface area contributed by atoms with Gasteiger partial charge >= 0.3 is 0 Å². The van der Waals surface area contributed by atoms with Gasteiger partial charge in [0.1, 0.15) is 17.6 Å². The predicted octanol–water partition coefficient (Wildman–Crippen LogP) is 1.69. The summed E-state index contributed by atoms with van der Waals surface area (Å²) in [5.41, 5.74) is 0.0792. The Labute approximate surface area is 186 Å². The second kappa shape index (κ2) is 9.10. The number of nitrogens with zero attached hydrogens (tertiary/aromatic N) is 5. The van der Waals surface area contributed by atoms with Crippen LogP contribution < -0.4 is 21.1 Å². The Morgan fingerprint density at radius 2 is 2.03 bits per heavy atom. The van der Waals surface area contributed by atoms with Crippen molar-refractivity contribution in [2.75, 3.05) is 23.3 Å². The number of rotatable bonds is 6. The summed E-state index contributed by atoms with van der Waals surface area (Å²) in [4.78, 5) is 52.1. The molecule has 0 aliphatic carbocycles. The highest BCUT2D eigenvalue weighted by Crippen LogP contribution is 2.29. The van der Waals surface area contributed by atoms with Crippen LogP contribution in [0.25, 0.3) is 10.3 Å². The molecule has 0 spiro atoms. The monoisotopic (exact) mass is 461 g/mol. The van der Waals surface area contributed by atoms with Crippen LogP contribution in [0.1, 0.15) is 26.7 Å². The molecule has 0 aromatic carbocycles. The van der Waals surface area contributed by atoms with Crippen molar-refractivity contribution in [1.29, 1.82) is 0 Å². The minimum atomic E-state index is -0.343. The van der Waals surface area contributed by atoms with Crippen molar-refractivity contribution >= 4 is 55.1 Å². The zero-order valence-electron chi connectivity index (χ0n) is 17.2. The number of thiazole rings is 2. The van der Waals surface area contributed by atoms with Gasteiger partial charge in [0.05, 0.1) is 0 Å². The van der Waals surface area contributed by atoms with E-state index in [1.165, 1.54) is 33.6 Å². The lowest BCUT2D eigenvalue weighted by atomic mass is 9.96. The van der Waals surface area contributed by atoms with Gasteiger partial charge < -0.3 is 15.5 Å². The third-order valence-corrected chi connectivity index (χ3v) is 6.71. The van der Waals surface area contributed by atoms with Gasteiger partial charge in [0.25, 0.3) is 5.56 Å². The number of fused-ring (bicyclic) bond motifs is 1. The second-order valence-electron chi connectivity index (χ2n) is 7.64. The third-order valence-electron chi connectivity index (χ3n) is 4.93. The summed E-state index contributed by atoms with van der Waals surface area (Å²) in [7, 11) is 0. The van der Waals surface area contributed by atoms with Crippen molar-refractivity contribution in [2.24, 2.45) is 5.92 Å². The van der Waals surface area contributed by atoms with Crippen LogP contribution in [0.5, 0.6) is 0 Å². The van der Waals surface area contributed by atoms with Crippen LogP contribution in [0.15, 0.2) is 22.7 Å². The standard InChI is InChI=1S/C19H23N7O3S2/c1-11(2)22-16(28)12-3-6-25(7-4-12)19-24-15-14(31-19)17(29)26(10-21-15)9-13(27)23-18-20-5-8-30-18/h5,8,10-12H,3-4,6-7,9H2,1-2H3,(H,22,28)(H,20,23,27). The Balaban J connectivity index is 1.44. The van der Waals surface area contributed by atoms with Crippen molar-refractivity contribution in [3.63, 3.8) is 0 Å². The number of amides is 2. The summed E-state index contributed by atoms with van der Waals surface area (Å²) >= 11 is 2.58. The highest BCUT2D eigenvalue weighted by atomic mass is 32.1. The number of hydrogen-bond acceptors (Lipinski definition) is 9. The quantitative estimate of drug-likeness (QED) is 0.573. The lowest BCUT2D eigenvalue weighted by molar-refractivity contribution is -0.126. The SMILES string of the molecule is CC(C)NC(=O)C1CCN(c2nc3ncn(CC(=O)Nc4nccs4)c(=O)c3s2)CC1. The number of nitrogens with one attached hydrogen (secondary N) is 2. The van der Waals surface area contributed by atoms with Crippen molar-refractivity contribution in [3.8, 4) is 0 Å². The van der Waals surface area contributed by atoms with Crippen molar-refractivity contribution in [1.82, 2.24) is 24.8 Å². The number of piperidine rings is 1. The summed E-state index contributed by atoms with van der Waals surface area (Å²) in [6, 6.07) is 0.131. The van der Waals surface area contributed by atoms with Gasteiger partial charge in [-0.2, -0.15) is 4.98 Å². The zero-order valence-corrected chi connectivity index (χ0v) is 18.8. The van der Waals surface area contributed by atoms with E-state index in [-0.39, 0.29) is 35.9 Å². The summed E-state index contributed by atoms with van der Waals surface area (Å²) in [6.45, 7) is 5.15. The molecule has 4 rings (SSSR count). The molecule has 31 heavy (non-hydrogen) atoms. The zero-order chi connectivity index (χ0) is 22.0. The molecule has 1 aliphatic rings. The van der Waals surface area contributed by atoms with Crippen LogP contribution in [0, 0.1) is 5.92 Å². The summed E-state index contributed by atoms with van der Waals surface area (Å²) in [5.74, 6) is -0.246. The summed E-state index contributed by atoms with van der Waals surface area (Å²) in [6.07, 6.45) is 4.42. The van der Waals surface area contributed by atoms with Gasteiger partial charge in [-0.15, -0.1) is 11.3 Å². The molecule has 2 amide bonds. The van der Waals surface area contributed by atoms with E-state index in [2.05, 4.69) is 30.5 Å². The van der Waals surface area contributed by atoms with Gasteiger partial charge in [-0.3, -0.25) is 19.0 Å². The minimum absolute atomic E-state index is 0.000251. The number of anilines is 2. The van der Waals surface area contributed by atoms with E-state index >= 15 is 0 Å². The van der Waals surface area contributed by atoms with Gasteiger partial charge in [-0.05, 0) is 26.7 Å². The van der Waals surface area contributed by atoms with E-state index in [9.17, 15) is 14.4 Å². The highest BCUT2D eigenvalue weighted by Gasteiger charge is 2.27. The third kappa shape index (κ3) is 4.90. The van der Waals surface area contributed by atoms with E-state index in [1.807, 2.05) is 13.8 Å². The van der Waals surface area contributed by atoms with E-state index in [4.69, 9.17) is 0 Å². The molecule has 0 radical (unpaired) electrons. The van der Waals surface area contributed by atoms with Crippen LogP contribution in [0.4, 0.5) is 10.3 Å². The normalized spacial score (nSPS) is 14.9. The Kier molecular flexibility index (Phi) is 6.28. The maximum Gasteiger partial charge on any atom is 0.273 e. The van der Waals surface area contributed by atoms with Gasteiger partial charge in [0.2, 0.25) is 11.8 Å². The van der Waals surface area contributed by atoms with Crippen LogP contribution in [0.2, 0.25) is 0 Å². The first-order chi connectivity index (χ1) is 14.9. The molecule has 4 heterocycles. The molecule has 10 nitrogen and oxygen atoms in total. The van der Waals surface area contributed by atoms with Crippen LogP contribution in [-0.2, 0) is 16.1 Å². The lowest BCUT2D eigenvalue weighted by Crippen LogP contribution is -2.42. The minimum Gasteiger partial charge on any atom is -0.354 e. The molecule has 3 aromatic heterocycles. The van der Waals surface area contributed by atoms with Gasteiger partial charge in [-0.25, -0.2) is 9.97 Å². The van der Waals surface area contributed by atoms with Gasteiger partial charge in [0, 0.05) is 36.6 Å². The number of hydrogen-bond donors (Lipinski definition) is 2. The van der Waals surface area contributed by atoms with E-state index in [1.54, 1.807) is 11.6 Å². The van der Waals surface area contributed by atoms with Gasteiger partial charge in [0.15, 0.2) is 15.9 Å². The molecule has 2 N–H and O–H groups in total. The number of carbonyl (C=O) groups excluding carboxylic acids is 2. The molecule has 164 valence electrons. The Bertz CT molecular complexity index is 1130. The highest BCUT2D eigenvalue weighted by molar-refractivity contribution is 7.22. The molecule has 0 saturated carbocycles. The molecule has 1 aliphatic heterocycles. The molecular weight excluding hydrogens is 438 g/mol. The van der Waals surface area contributed by atoms with Crippen molar-refractivity contribution in [3.05, 3.63) is 28.3 Å². The maximum absolute atomic E-state index is 12.8. The molecular formula is C19H23N7O3S2. The Morgan fingerprint density at radius 1 is 1.26 bits per heavy atom. The summed E-state index contributed by atoms with van der Waals surface area (Å²) in [5, 5.41) is 8.58. The Hall–Kier alpha value is -2.86. The van der Waals surface area contributed by atoms with Crippen molar-refractivity contribution in [2.45, 2.75) is 39.3 Å². The molecule has 3 aromatic rings. The van der Waals surface area contributed by atoms with Crippen LogP contribution in [0.3, 0.4) is 0 Å². The van der Waals surface area contributed by atoms with E-state index < -0.39 is 0 Å². The average molecular weight is 462 g/mol. The Morgan fingerprint density at radius 3 is 2.71 bits per heavy atom. The topological polar surface area (TPSA) is 122 Å². The number of carbonyl (C=O) groups is 2. The molecule has 0 bridgehead atoms. The summed E-state index contributed by atoms with van der Waals surface area (Å²) < 4.78 is 1.69. The average Bonchev–Trinajstić information content (AvgIpc) is 3.40. The molecule has 0 unspecified atom stereocenters. The van der Waals surface area contributed by atoms with E-state index in [0.29, 0.717) is 33.7 Å². The first-order valence-corrected chi connectivity index (χ1v) is 11.7.